The lowest BCUT2D eigenvalue weighted by Crippen LogP contribution is -2.08. The molecule has 0 unspecified atom stereocenters. The highest BCUT2D eigenvalue weighted by molar-refractivity contribution is 14.1. The number of rotatable bonds is 4. The van der Waals surface area contributed by atoms with E-state index in [0.29, 0.717) is 5.92 Å². The minimum absolute atomic E-state index is 0.226. The largest absolute Gasteiger partial charge is 0.325 e. The molecule has 0 saturated heterocycles. The van der Waals surface area contributed by atoms with E-state index in [1.807, 2.05) is 6.20 Å². The number of halogens is 2. The molecule has 1 aromatic heterocycles. The van der Waals surface area contributed by atoms with E-state index in [0.717, 1.165) is 21.8 Å². The molecule has 0 aliphatic carbocycles. The fourth-order valence-electron chi connectivity index (χ4n) is 1.69. The number of nitrogens with one attached hydrogen (secondary N) is 1. The molecule has 0 spiro atoms. The van der Waals surface area contributed by atoms with E-state index in [1.165, 1.54) is 12.1 Å². The summed E-state index contributed by atoms with van der Waals surface area (Å²) in [5, 5.41) is 3.23. The third-order valence-corrected chi connectivity index (χ3v) is 3.35. The van der Waals surface area contributed by atoms with E-state index in [9.17, 15) is 4.39 Å². The van der Waals surface area contributed by atoms with Gasteiger partial charge in [0.15, 0.2) is 0 Å². The zero-order valence-corrected chi connectivity index (χ0v) is 12.5. The molecule has 0 atom stereocenters. The highest BCUT2D eigenvalue weighted by Crippen LogP contribution is 2.22. The lowest BCUT2D eigenvalue weighted by atomic mass is 10.2. The van der Waals surface area contributed by atoms with Gasteiger partial charge in [0.25, 0.3) is 0 Å². The Bertz CT molecular complexity index is 537. The smallest absolute Gasteiger partial charge is 0.207 e. The average Bonchev–Trinajstić information content (AvgIpc) is 2.69. The van der Waals surface area contributed by atoms with Crippen LogP contribution in [0.5, 0.6) is 0 Å². The first kappa shape index (κ1) is 13.3. The van der Waals surface area contributed by atoms with Crippen LogP contribution in [0, 0.1) is 15.3 Å². The van der Waals surface area contributed by atoms with Gasteiger partial charge in [0.05, 0.1) is 5.69 Å². The van der Waals surface area contributed by atoms with Gasteiger partial charge in [-0.2, -0.15) is 0 Å². The Morgan fingerprint density at radius 1 is 1.44 bits per heavy atom. The second-order valence-corrected chi connectivity index (χ2v) is 5.71. The lowest BCUT2D eigenvalue weighted by molar-refractivity contribution is 0.527. The van der Waals surface area contributed by atoms with E-state index in [2.05, 4.69) is 51.3 Å². The van der Waals surface area contributed by atoms with Crippen molar-refractivity contribution in [2.24, 2.45) is 5.92 Å². The molecule has 96 valence electrons. The molecule has 5 heteroatoms. The Morgan fingerprint density at radius 2 is 2.22 bits per heavy atom. The maximum atomic E-state index is 13.0. The van der Waals surface area contributed by atoms with Crippen molar-refractivity contribution in [3.8, 4) is 0 Å². The van der Waals surface area contributed by atoms with Crippen molar-refractivity contribution in [3.05, 3.63) is 40.0 Å². The third kappa shape index (κ3) is 3.22. The zero-order chi connectivity index (χ0) is 13.1. The minimum atomic E-state index is -0.226. The quantitative estimate of drug-likeness (QED) is 0.836. The van der Waals surface area contributed by atoms with Crippen molar-refractivity contribution in [1.82, 2.24) is 9.55 Å². The maximum Gasteiger partial charge on any atom is 0.207 e. The van der Waals surface area contributed by atoms with Crippen LogP contribution in [0.1, 0.15) is 13.8 Å². The molecular weight excluding hydrogens is 344 g/mol. The van der Waals surface area contributed by atoms with Gasteiger partial charge in [-0.25, -0.2) is 9.37 Å². The first-order valence-corrected chi connectivity index (χ1v) is 6.87. The van der Waals surface area contributed by atoms with Crippen LogP contribution in [0.3, 0.4) is 0 Å². The summed E-state index contributed by atoms with van der Waals surface area (Å²) in [7, 11) is 0. The Hall–Kier alpha value is -1.11. The normalized spacial score (nSPS) is 10.9. The number of aromatic nitrogens is 2. The molecule has 18 heavy (non-hydrogen) atoms. The van der Waals surface area contributed by atoms with Gasteiger partial charge in [0, 0.05) is 22.5 Å². The van der Waals surface area contributed by atoms with Crippen LogP contribution in [0.25, 0.3) is 0 Å². The van der Waals surface area contributed by atoms with E-state index in [4.69, 9.17) is 0 Å². The van der Waals surface area contributed by atoms with Crippen LogP contribution in [0.15, 0.2) is 30.6 Å². The van der Waals surface area contributed by atoms with Gasteiger partial charge < -0.3 is 9.88 Å². The van der Waals surface area contributed by atoms with E-state index < -0.39 is 0 Å². The predicted octanol–water partition coefficient (Wildman–Crippen LogP) is 4.03. The van der Waals surface area contributed by atoms with Crippen molar-refractivity contribution in [3.63, 3.8) is 0 Å². The Balaban J connectivity index is 2.21. The molecule has 2 rings (SSSR count). The highest BCUT2D eigenvalue weighted by atomic mass is 127. The van der Waals surface area contributed by atoms with Crippen LogP contribution in [0.2, 0.25) is 0 Å². The van der Waals surface area contributed by atoms with Crippen LogP contribution in [-0.4, -0.2) is 9.55 Å². The number of hydrogen-bond acceptors (Lipinski definition) is 2. The summed E-state index contributed by atoms with van der Waals surface area (Å²) in [6, 6.07) is 4.67. The van der Waals surface area contributed by atoms with E-state index >= 15 is 0 Å². The molecular formula is C13H15FIN3. The fraction of sp³-hybridized carbons (Fsp3) is 0.308. The van der Waals surface area contributed by atoms with Gasteiger partial charge in [0.2, 0.25) is 5.95 Å². The Morgan fingerprint density at radius 3 is 2.89 bits per heavy atom. The SMILES string of the molecule is CC(C)Cn1ccnc1Nc1ccc(F)cc1I. The second kappa shape index (κ2) is 5.69. The molecule has 1 N–H and O–H groups in total. The maximum absolute atomic E-state index is 13.0. The summed E-state index contributed by atoms with van der Waals surface area (Å²) in [6.45, 7) is 5.22. The van der Waals surface area contributed by atoms with E-state index in [1.54, 1.807) is 12.3 Å². The number of anilines is 2. The van der Waals surface area contributed by atoms with Crippen molar-refractivity contribution in [2.45, 2.75) is 20.4 Å². The average molecular weight is 359 g/mol. The van der Waals surface area contributed by atoms with Gasteiger partial charge in [-0.15, -0.1) is 0 Å². The molecule has 0 aliphatic rings. The second-order valence-electron chi connectivity index (χ2n) is 4.55. The molecule has 3 nitrogen and oxygen atoms in total. The first-order valence-electron chi connectivity index (χ1n) is 5.79. The molecule has 0 amide bonds. The zero-order valence-electron chi connectivity index (χ0n) is 10.3. The molecule has 0 fully saturated rings. The molecule has 0 aliphatic heterocycles. The molecule has 1 aromatic carbocycles. The Kier molecular flexibility index (Phi) is 4.21. The number of benzene rings is 1. The number of nitrogens with zero attached hydrogens (tertiary/aromatic N) is 2. The van der Waals surface area contributed by atoms with Gasteiger partial charge in [-0.3, -0.25) is 0 Å². The van der Waals surface area contributed by atoms with Gasteiger partial charge in [-0.1, -0.05) is 13.8 Å². The van der Waals surface area contributed by atoms with Gasteiger partial charge >= 0.3 is 0 Å². The van der Waals surface area contributed by atoms with Crippen molar-refractivity contribution in [2.75, 3.05) is 5.32 Å². The van der Waals surface area contributed by atoms with Crippen molar-refractivity contribution >= 4 is 34.2 Å². The van der Waals surface area contributed by atoms with Crippen LogP contribution in [0.4, 0.5) is 16.0 Å². The highest BCUT2D eigenvalue weighted by Gasteiger charge is 2.07. The third-order valence-electron chi connectivity index (χ3n) is 2.45. The summed E-state index contributed by atoms with van der Waals surface area (Å²) >= 11 is 2.11. The molecule has 0 saturated carbocycles. The number of hydrogen-bond donors (Lipinski definition) is 1. The molecule has 0 radical (unpaired) electrons. The van der Waals surface area contributed by atoms with Gasteiger partial charge in [0.1, 0.15) is 5.82 Å². The lowest BCUT2D eigenvalue weighted by Gasteiger charge is -2.12. The topological polar surface area (TPSA) is 29.9 Å². The molecule has 0 bridgehead atoms. The van der Waals surface area contributed by atoms with Crippen LogP contribution < -0.4 is 5.32 Å². The van der Waals surface area contributed by atoms with E-state index in [-0.39, 0.29) is 5.82 Å². The monoisotopic (exact) mass is 359 g/mol. The summed E-state index contributed by atoms with van der Waals surface area (Å²) in [4.78, 5) is 4.28. The summed E-state index contributed by atoms with van der Waals surface area (Å²) in [5.74, 6) is 1.11. The standard InChI is InChI=1S/C13H15FIN3/c1-9(2)8-18-6-5-16-13(18)17-12-4-3-10(14)7-11(12)15/h3-7,9H,8H2,1-2H3,(H,16,17). The first-order chi connectivity index (χ1) is 8.56. The van der Waals surface area contributed by atoms with Crippen molar-refractivity contribution < 1.29 is 4.39 Å². The Labute approximate surface area is 120 Å². The summed E-state index contributed by atoms with van der Waals surface area (Å²) in [5.41, 5.74) is 0.869. The fourth-order valence-corrected chi connectivity index (χ4v) is 2.30. The minimum Gasteiger partial charge on any atom is -0.325 e. The molecule has 1 heterocycles. The van der Waals surface area contributed by atoms with Gasteiger partial charge in [-0.05, 0) is 46.7 Å². The van der Waals surface area contributed by atoms with Crippen LogP contribution in [-0.2, 0) is 6.54 Å². The van der Waals surface area contributed by atoms with Crippen molar-refractivity contribution in [1.29, 1.82) is 0 Å². The number of imidazole rings is 1. The summed E-state index contributed by atoms with van der Waals surface area (Å²) in [6.07, 6.45) is 3.71. The predicted molar refractivity (Wildman–Crippen MR) is 79.5 cm³/mol. The van der Waals surface area contributed by atoms with Crippen LogP contribution >= 0.6 is 22.6 Å². The molecule has 2 aromatic rings. The summed E-state index contributed by atoms with van der Waals surface area (Å²) < 4.78 is 15.9.